The standard InChI is InChI=1S/C8H8F6O8S2/c9-7(10,11)23(15,16)21-3-1-19-6-4(2-20-5(3)6)22-24(17,18)8(12,13)14/h3-6H,1-2H2/t3?,4?,5-,6-/m1/s1. The minimum absolute atomic E-state index is 0.781. The lowest BCUT2D eigenvalue weighted by Gasteiger charge is -2.18. The summed E-state index contributed by atoms with van der Waals surface area (Å²) in [6.45, 7) is -1.56. The molecule has 0 N–H and O–H groups in total. The average Bonchev–Trinajstić information content (AvgIpc) is 2.90. The SMILES string of the molecule is O=S(=O)(OC1CO[C@@H]2C(OS(=O)(=O)C(F)(F)F)CO[C@H]12)C(F)(F)F. The molecule has 0 saturated carbocycles. The van der Waals surface area contributed by atoms with Crippen LogP contribution in [0.1, 0.15) is 0 Å². The van der Waals surface area contributed by atoms with Crippen molar-refractivity contribution in [1.29, 1.82) is 0 Å². The van der Waals surface area contributed by atoms with Gasteiger partial charge in [-0.3, -0.25) is 8.37 Å². The van der Waals surface area contributed by atoms with Crippen molar-refractivity contribution in [3.05, 3.63) is 0 Å². The van der Waals surface area contributed by atoms with Crippen LogP contribution in [0, 0.1) is 0 Å². The Balaban J connectivity index is 2.08. The van der Waals surface area contributed by atoms with Crippen LogP contribution in [-0.4, -0.2) is 65.5 Å². The third kappa shape index (κ3) is 3.62. The van der Waals surface area contributed by atoms with Crippen LogP contribution < -0.4 is 0 Å². The minimum atomic E-state index is -5.99. The zero-order valence-corrected chi connectivity index (χ0v) is 12.7. The lowest BCUT2D eigenvalue weighted by Crippen LogP contribution is -2.39. The fraction of sp³-hybridized carbons (Fsp3) is 1.00. The highest BCUT2D eigenvalue weighted by molar-refractivity contribution is 7.87. The predicted molar refractivity (Wildman–Crippen MR) is 59.2 cm³/mol. The van der Waals surface area contributed by atoms with Gasteiger partial charge in [-0.2, -0.15) is 43.2 Å². The molecule has 0 amide bonds. The second kappa shape index (κ2) is 5.94. The Bertz CT molecular complexity index is 622. The lowest BCUT2D eigenvalue weighted by atomic mass is 10.1. The molecule has 2 aliphatic rings. The Morgan fingerprint density at radius 2 is 1.00 bits per heavy atom. The van der Waals surface area contributed by atoms with Crippen molar-refractivity contribution in [2.75, 3.05) is 13.2 Å². The molecule has 142 valence electrons. The number of ether oxygens (including phenoxy) is 2. The number of fused-ring (bicyclic) bond motifs is 1. The maximum absolute atomic E-state index is 12.2. The largest absolute Gasteiger partial charge is 0.523 e. The van der Waals surface area contributed by atoms with E-state index in [4.69, 9.17) is 9.47 Å². The Hall–Kier alpha value is -0.680. The van der Waals surface area contributed by atoms with E-state index < -0.39 is 68.9 Å². The van der Waals surface area contributed by atoms with Gasteiger partial charge in [-0.25, -0.2) is 0 Å². The summed E-state index contributed by atoms with van der Waals surface area (Å²) in [6.07, 6.45) is -6.72. The summed E-state index contributed by atoms with van der Waals surface area (Å²) in [6, 6.07) is 0. The van der Waals surface area contributed by atoms with Gasteiger partial charge in [-0.05, 0) is 0 Å². The van der Waals surface area contributed by atoms with Gasteiger partial charge in [0.05, 0.1) is 13.2 Å². The van der Waals surface area contributed by atoms with Crippen molar-refractivity contribution >= 4 is 20.2 Å². The van der Waals surface area contributed by atoms with Gasteiger partial charge in [0.1, 0.15) is 24.4 Å². The molecular formula is C8H8F6O8S2. The average molecular weight is 410 g/mol. The second-order valence-electron chi connectivity index (χ2n) is 4.66. The summed E-state index contributed by atoms with van der Waals surface area (Å²) in [5.74, 6) is 0. The normalized spacial score (nSPS) is 32.1. The fourth-order valence-corrected chi connectivity index (χ4v) is 3.23. The highest BCUT2D eigenvalue weighted by Crippen LogP contribution is 2.36. The van der Waals surface area contributed by atoms with Gasteiger partial charge in [0.2, 0.25) is 0 Å². The maximum Gasteiger partial charge on any atom is 0.523 e. The summed E-state index contributed by atoms with van der Waals surface area (Å²) in [5.41, 5.74) is -11.4. The third-order valence-electron chi connectivity index (χ3n) is 3.03. The molecule has 0 aliphatic carbocycles. The van der Waals surface area contributed by atoms with Crippen LogP contribution in [0.2, 0.25) is 0 Å². The maximum atomic E-state index is 12.2. The van der Waals surface area contributed by atoms with Gasteiger partial charge in [-0.1, -0.05) is 0 Å². The first-order chi connectivity index (χ1) is 10.7. The Kier molecular flexibility index (Phi) is 4.86. The number of rotatable bonds is 4. The first-order valence-electron chi connectivity index (χ1n) is 5.88. The molecule has 0 aromatic carbocycles. The van der Waals surface area contributed by atoms with Crippen LogP contribution in [0.5, 0.6) is 0 Å². The number of alkyl halides is 6. The Morgan fingerprint density at radius 3 is 1.25 bits per heavy atom. The molecule has 2 unspecified atom stereocenters. The molecule has 2 aliphatic heterocycles. The number of halogens is 6. The highest BCUT2D eigenvalue weighted by atomic mass is 32.2. The van der Waals surface area contributed by atoms with Crippen LogP contribution in [0.15, 0.2) is 0 Å². The molecule has 0 aromatic heterocycles. The smallest absolute Gasteiger partial charge is 0.370 e. The van der Waals surface area contributed by atoms with Crippen molar-refractivity contribution in [1.82, 2.24) is 0 Å². The summed E-state index contributed by atoms with van der Waals surface area (Å²) < 4.78 is 134. The quantitative estimate of drug-likeness (QED) is 0.369. The van der Waals surface area contributed by atoms with E-state index in [0.717, 1.165) is 0 Å². The zero-order valence-electron chi connectivity index (χ0n) is 11.1. The molecule has 2 saturated heterocycles. The summed E-state index contributed by atoms with van der Waals surface area (Å²) >= 11 is 0. The van der Waals surface area contributed by atoms with Crippen molar-refractivity contribution in [2.45, 2.75) is 35.4 Å². The summed E-state index contributed by atoms with van der Waals surface area (Å²) in [7, 11) is -12.0. The van der Waals surface area contributed by atoms with E-state index in [1.165, 1.54) is 0 Å². The van der Waals surface area contributed by atoms with Crippen molar-refractivity contribution in [3.63, 3.8) is 0 Å². The second-order valence-corrected chi connectivity index (χ2v) is 7.79. The summed E-state index contributed by atoms with van der Waals surface area (Å²) in [4.78, 5) is 0. The summed E-state index contributed by atoms with van der Waals surface area (Å²) in [5, 5.41) is 0. The minimum Gasteiger partial charge on any atom is -0.370 e. The molecule has 0 bridgehead atoms. The van der Waals surface area contributed by atoms with E-state index in [-0.39, 0.29) is 0 Å². The van der Waals surface area contributed by atoms with Crippen LogP contribution in [0.3, 0.4) is 0 Å². The topological polar surface area (TPSA) is 105 Å². The van der Waals surface area contributed by atoms with Crippen LogP contribution >= 0.6 is 0 Å². The van der Waals surface area contributed by atoms with Gasteiger partial charge in [0, 0.05) is 0 Å². The molecule has 4 atom stereocenters. The molecule has 2 rings (SSSR count). The van der Waals surface area contributed by atoms with Crippen LogP contribution in [-0.2, 0) is 38.1 Å². The Morgan fingerprint density at radius 1 is 0.708 bits per heavy atom. The van der Waals surface area contributed by atoms with E-state index in [9.17, 15) is 43.2 Å². The molecule has 0 spiro atoms. The number of hydrogen-bond donors (Lipinski definition) is 0. The molecule has 16 heteroatoms. The number of hydrogen-bond acceptors (Lipinski definition) is 8. The zero-order chi connectivity index (χ0) is 18.6. The predicted octanol–water partition coefficient (Wildman–Crippen LogP) is 0.254. The van der Waals surface area contributed by atoms with Gasteiger partial charge in [0.25, 0.3) is 0 Å². The third-order valence-corrected chi connectivity index (χ3v) is 5.17. The molecule has 0 radical (unpaired) electrons. The molecular weight excluding hydrogens is 402 g/mol. The van der Waals surface area contributed by atoms with E-state index in [1.807, 2.05) is 0 Å². The van der Waals surface area contributed by atoms with E-state index in [1.54, 1.807) is 0 Å². The monoisotopic (exact) mass is 410 g/mol. The molecule has 24 heavy (non-hydrogen) atoms. The van der Waals surface area contributed by atoms with E-state index in [2.05, 4.69) is 8.37 Å². The van der Waals surface area contributed by atoms with Gasteiger partial charge >= 0.3 is 31.3 Å². The molecule has 8 nitrogen and oxygen atoms in total. The first-order valence-corrected chi connectivity index (χ1v) is 8.70. The Labute approximate surface area is 130 Å². The van der Waals surface area contributed by atoms with Crippen molar-refractivity contribution in [3.8, 4) is 0 Å². The fourth-order valence-electron chi connectivity index (χ4n) is 2.03. The van der Waals surface area contributed by atoms with Gasteiger partial charge in [-0.15, -0.1) is 0 Å². The lowest BCUT2D eigenvalue weighted by molar-refractivity contribution is -0.0651. The van der Waals surface area contributed by atoms with Gasteiger partial charge in [0.15, 0.2) is 0 Å². The van der Waals surface area contributed by atoms with E-state index >= 15 is 0 Å². The van der Waals surface area contributed by atoms with Crippen molar-refractivity contribution in [2.24, 2.45) is 0 Å². The highest BCUT2D eigenvalue weighted by Gasteiger charge is 2.57. The molecule has 2 heterocycles. The molecule has 0 aromatic rings. The van der Waals surface area contributed by atoms with Crippen LogP contribution in [0.25, 0.3) is 0 Å². The first kappa shape index (κ1) is 19.6. The van der Waals surface area contributed by atoms with Gasteiger partial charge < -0.3 is 9.47 Å². The van der Waals surface area contributed by atoms with E-state index in [0.29, 0.717) is 0 Å². The van der Waals surface area contributed by atoms with Crippen LogP contribution in [0.4, 0.5) is 26.3 Å². The molecule has 2 fully saturated rings. The van der Waals surface area contributed by atoms with Crippen molar-refractivity contribution < 1.29 is 61.0 Å².